The van der Waals surface area contributed by atoms with Gasteiger partial charge in [0, 0.05) is 42.7 Å². The van der Waals surface area contributed by atoms with Crippen LogP contribution in [0.15, 0.2) is 66.0 Å². The van der Waals surface area contributed by atoms with Gasteiger partial charge in [0.05, 0.1) is 27.9 Å². The number of amides is 1. The molecule has 0 aliphatic carbocycles. The molecule has 2 aromatic carbocycles. The number of sulfone groups is 1. The maximum Gasteiger partial charge on any atom is 0.270 e. The van der Waals surface area contributed by atoms with Crippen molar-refractivity contribution in [1.29, 1.82) is 0 Å². The fourth-order valence-corrected chi connectivity index (χ4v) is 6.36. The molecule has 1 fully saturated rings. The average Bonchev–Trinajstić information content (AvgIpc) is 3.40. The second kappa shape index (κ2) is 9.36. The molecule has 1 aliphatic rings. The molecule has 0 bridgehead atoms. The van der Waals surface area contributed by atoms with Crippen LogP contribution in [0.3, 0.4) is 0 Å². The molecule has 1 atom stereocenters. The summed E-state index contributed by atoms with van der Waals surface area (Å²) in [5, 5.41) is 11.7. The van der Waals surface area contributed by atoms with Crippen LogP contribution in [0.4, 0.5) is 5.69 Å². The van der Waals surface area contributed by atoms with Crippen molar-refractivity contribution in [1.82, 2.24) is 14.5 Å². The van der Waals surface area contributed by atoms with Crippen molar-refractivity contribution in [2.75, 3.05) is 24.3 Å². The molecule has 11 heteroatoms. The molecule has 4 rings (SSSR count). The smallest absolute Gasteiger partial charge is 0.270 e. The fraction of sp³-hybridized carbons (Fsp3) is 0.273. The van der Waals surface area contributed by atoms with Crippen molar-refractivity contribution in [3.63, 3.8) is 0 Å². The second-order valence-corrected chi connectivity index (χ2v) is 10.9. The van der Waals surface area contributed by atoms with E-state index in [0.29, 0.717) is 22.8 Å². The van der Waals surface area contributed by atoms with Gasteiger partial charge in [-0.1, -0.05) is 42.1 Å². The van der Waals surface area contributed by atoms with Gasteiger partial charge in [-0.05, 0) is 18.6 Å². The number of non-ortho nitro benzene ring substituents is 1. The SMILES string of the molecule is CN(C(=O)CSc1nc(-c2cccc([N+](=O)[O-])c2)cn1-c1ccccc1)[C@@H]1CCS(=O)(=O)C1. The lowest BCUT2D eigenvalue weighted by Gasteiger charge is -2.23. The Morgan fingerprint density at radius 3 is 2.67 bits per heavy atom. The van der Waals surface area contributed by atoms with Crippen molar-refractivity contribution < 1.29 is 18.1 Å². The van der Waals surface area contributed by atoms with Crippen LogP contribution in [-0.2, 0) is 14.6 Å². The summed E-state index contributed by atoms with van der Waals surface area (Å²) in [5.41, 5.74) is 1.96. The number of nitrogens with zero attached hydrogens (tertiary/aromatic N) is 4. The molecule has 1 saturated heterocycles. The van der Waals surface area contributed by atoms with Gasteiger partial charge >= 0.3 is 0 Å². The molecule has 0 radical (unpaired) electrons. The number of para-hydroxylation sites is 1. The van der Waals surface area contributed by atoms with Crippen LogP contribution in [0.25, 0.3) is 16.9 Å². The minimum atomic E-state index is -3.09. The molecular formula is C22H22N4O5S2. The summed E-state index contributed by atoms with van der Waals surface area (Å²) >= 11 is 1.24. The Hall–Kier alpha value is -3.18. The predicted octanol–water partition coefficient (Wildman–Crippen LogP) is 3.19. The number of nitro benzene ring substituents is 1. The monoisotopic (exact) mass is 486 g/mol. The van der Waals surface area contributed by atoms with Crippen molar-refractivity contribution in [2.24, 2.45) is 0 Å². The van der Waals surface area contributed by atoms with E-state index < -0.39 is 14.8 Å². The van der Waals surface area contributed by atoms with Crippen molar-refractivity contribution >= 4 is 33.2 Å². The Bertz CT molecular complexity index is 1290. The largest absolute Gasteiger partial charge is 0.341 e. The Labute approximate surface area is 195 Å². The Balaban J connectivity index is 1.58. The zero-order valence-corrected chi connectivity index (χ0v) is 19.5. The van der Waals surface area contributed by atoms with Crippen molar-refractivity contribution in [3.05, 3.63) is 70.9 Å². The van der Waals surface area contributed by atoms with E-state index in [4.69, 9.17) is 0 Å². The van der Waals surface area contributed by atoms with Crippen molar-refractivity contribution in [2.45, 2.75) is 17.6 Å². The standard InChI is InChI=1S/C22H22N4O5S2/c1-24(19-10-11-33(30,31)15-19)21(27)14-32-22-23-20(13-25(22)17-7-3-2-4-8-17)16-6-5-9-18(12-16)26(28)29/h2-9,12-13,19H,10-11,14-15H2,1H3/t19-/m1/s1. The summed E-state index contributed by atoms with van der Waals surface area (Å²) in [6.45, 7) is 0. The summed E-state index contributed by atoms with van der Waals surface area (Å²) in [7, 11) is -1.45. The Kier molecular flexibility index (Phi) is 6.52. The van der Waals surface area contributed by atoms with Gasteiger partial charge in [-0.25, -0.2) is 13.4 Å². The first-order valence-electron chi connectivity index (χ1n) is 10.2. The maximum atomic E-state index is 12.8. The predicted molar refractivity (Wildman–Crippen MR) is 126 cm³/mol. The molecule has 1 aromatic heterocycles. The molecule has 1 aliphatic heterocycles. The zero-order valence-electron chi connectivity index (χ0n) is 17.8. The summed E-state index contributed by atoms with van der Waals surface area (Å²) in [6.07, 6.45) is 2.24. The van der Waals surface area contributed by atoms with Crippen molar-refractivity contribution in [3.8, 4) is 16.9 Å². The number of imidazole rings is 1. The molecule has 0 saturated carbocycles. The first kappa shape index (κ1) is 23.0. The lowest BCUT2D eigenvalue weighted by Crippen LogP contribution is -2.38. The van der Waals surface area contributed by atoms with E-state index >= 15 is 0 Å². The molecule has 33 heavy (non-hydrogen) atoms. The Morgan fingerprint density at radius 1 is 1.24 bits per heavy atom. The summed E-state index contributed by atoms with van der Waals surface area (Å²) in [5.74, 6) is 0.00960. The van der Waals surface area contributed by atoms with Gasteiger partial charge in [-0.15, -0.1) is 0 Å². The van der Waals surface area contributed by atoms with Gasteiger partial charge in [-0.2, -0.15) is 0 Å². The van der Waals surface area contributed by atoms with Crippen LogP contribution < -0.4 is 0 Å². The third-order valence-corrected chi connectivity index (χ3v) is 8.22. The second-order valence-electron chi connectivity index (χ2n) is 7.77. The summed E-state index contributed by atoms with van der Waals surface area (Å²) in [4.78, 5) is 29.6. The number of nitro groups is 1. The molecule has 9 nitrogen and oxygen atoms in total. The topological polar surface area (TPSA) is 115 Å². The lowest BCUT2D eigenvalue weighted by atomic mass is 10.1. The van der Waals surface area contributed by atoms with E-state index in [2.05, 4.69) is 4.98 Å². The first-order chi connectivity index (χ1) is 15.7. The highest BCUT2D eigenvalue weighted by atomic mass is 32.2. The molecule has 1 amide bonds. The van der Waals surface area contributed by atoms with Gasteiger partial charge in [0.25, 0.3) is 5.69 Å². The third kappa shape index (κ3) is 5.25. The third-order valence-electron chi connectivity index (χ3n) is 5.53. The van der Waals surface area contributed by atoms with Crippen LogP contribution in [0, 0.1) is 10.1 Å². The maximum absolute atomic E-state index is 12.8. The molecule has 172 valence electrons. The number of rotatable bonds is 7. The molecule has 0 spiro atoms. The quantitative estimate of drug-likeness (QED) is 0.286. The van der Waals surface area contributed by atoms with Crippen LogP contribution >= 0.6 is 11.8 Å². The van der Waals surface area contributed by atoms with Gasteiger partial charge in [0.15, 0.2) is 15.0 Å². The molecule has 2 heterocycles. The zero-order chi connectivity index (χ0) is 23.6. The van der Waals surface area contributed by atoms with Crippen LogP contribution in [0.1, 0.15) is 6.42 Å². The number of hydrogen-bond acceptors (Lipinski definition) is 7. The number of carbonyl (C=O) groups is 1. The highest BCUT2D eigenvalue weighted by Crippen LogP contribution is 2.29. The molecular weight excluding hydrogens is 464 g/mol. The van der Waals surface area contributed by atoms with E-state index in [1.165, 1.54) is 28.8 Å². The first-order valence-corrected chi connectivity index (χ1v) is 13.0. The van der Waals surface area contributed by atoms with Gasteiger partial charge in [0.1, 0.15) is 0 Å². The van der Waals surface area contributed by atoms with Gasteiger partial charge in [0.2, 0.25) is 5.91 Å². The number of aromatic nitrogens is 2. The number of benzene rings is 2. The number of carbonyl (C=O) groups excluding carboxylic acids is 1. The molecule has 3 aromatic rings. The van der Waals surface area contributed by atoms with Crippen LogP contribution in [0.2, 0.25) is 0 Å². The van der Waals surface area contributed by atoms with E-state index in [-0.39, 0.29) is 34.9 Å². The Morgan fingerprint density at radius 2 is 2.00 bits per heavy atom. The normalized spacial score (nSPS) is 17.1. The van der Waals surface area contributed by atoms with E-state index in [1.807, 2.05) is 34.9 Å². The molecule has 0 unspecified atom stereocenters. The average molecular weight is 487 g/mol. The summed E-state index contributed by atoms with van der Waals surface area (Å²) in [6, 6.07) is 15.4. The van der Waals surface area contributed by atoms with E-state index in [9.17, 15) is 23.3 Å². The highest BCUT2D eigenvalue weighted by molar-refractivity contribution is 7.99. The minimum Gasteiger partial charge on any atom is -0.341 e. The van der Waals surface area contributed by atoms with E-state index in [0.717, 1.165) is 5.69 Å². The van der Waals surface area contributed by atoms with E-state index in [1.54, 1.807) is 25.4 Å². The van der Waals surface area contributed by atoms with Crippen LogP contribution in [-0.4, -0.2) is 64.0 Å². The molecule has 0 N–H and O–H groups in total. The lowest BCUT2D eigenvalue weighted by molar-refractivity contribution is -0.384. The number of hydrogen-bond donors (Lipinski definition) is 0. The highest BCUT2D eigenvalue weighted by Gasteiger charge is 2.32. The van der Waals surface area contributed by atoms with Gasteiger partial charge < -0.3 is 4.90 Å². The summed E-state index contributed by atoms with van der Waals surface area (Å²) < 4.78 is 25.3. The van der Waals surface area contributed by atoms with Crippen LogP contribution in [0.5, 0.6) is 0 Å². The number of thioether (sulfide) groups is 1. The fourth-order valence-electron chi connectivity index (χ4n) is 3.67. The minimum absolute atomic E-state index is 0.00448. The van der Waals surface area contributed by atoms with Gasteiger partial charge in [-0.3, -0.25) is 19.5 Å².